The van der Waals surface area contributed by atoms with Crippen molar-refractivity contribution in [2.75, 3.05) is 19.6 Å². The number of piperidine rings is 2. The van der Waals surface area contributed by atoms with Crippen LogP contribution in [-0.2, 0) is 4.79 Å². The highest BCUT2D eigenvalue weighted by Gasteiger charge is 2.40. The number of carboxylic acids is 1. The molecule has 0 aromatic heterocycles. The molecule has 2 aliphatic rings. The Morgan fingerprint density at radius 2 is 1.95 bits per heavy atom. The molecule has 2 saturated heterocycles. The van der Waals surface area contributed by atoms with E-state index in [1.54, 1.807) is 11.8 Å². The van der Waals surface area contributed by atoms with Crippen molar-refractivity contribution < 1.29 is 14.7 Å². The molecule has 0 aliphatic carbocycles. The Bertz CT molecular complexity index is 372. The number of carboxylic acid groups (broad SMARTS) is 1. The standard InChI is InChI=1S/C14H24N2O3/c1-11-6-3-4-9-16(11)13(19)15-8-5-7-14(2,10-15)12(17)18/h11H,3-10H2,1-2H3,(H,17,18). The summed E-state index contributed by atoms with van der Waals surface area (Å²) in [5.74, 6) is -0.795. The number of rotatable bonds is 1. The van der Waals surface area contributed by atoms with E-state index < -0.39 is 11.4 Å². The lowest BCUT2D eigenvalue weighted by Crippen LogP contribution is -2.55. The van der Waals surface area contributed by atoms with E-state index in [0.717, 1.165) is 25.8 Å². The smallest absolute Gasteiger partial charge is 0.320 e. The zero-order valence-corrected chi connectivity index (χ0v) is 11.9. The normalized spacial score (nSPS) is 32.2. The fourth-order valence-electron chi connectivity index (χ4n) is 3.14. The van der Waals surface area contributed by atoms with Gasteiger partial charge in [0, 0.05) is 25.7 Å². The highest BCUT2D eigenvalue weighted by atomic mass is 16.4. The van der Waals surface area contributed by atoms with Crippen molar-refractivity contribution in [1.29, 1.82) is 0 Å². The Kier molecular flexibility index (Phi) is 4.02. The van der Waals surface area contributed by atoms with Crippen molar-refractivity contribution in [3.05, 3.63) is 0 Å². The number of urea groups is 1. The lowest BCUT2D eigenvalue weighted by molar-refractivity contribution is -0.150. The van der Waals surface area contributed by atoms with Gasteiger partial charge in [0.1, 0.15) is 0 Å². The first kappa shape index (κ1) is 14.2. The molecule has 0 radical (unpaired) electrons. The van der Waals surface area contributed by atoms with Gasteiger partial charge in [-0.05, 0) is 46.0 Å². The van der Waals surface area contributed by atoms with Gasteiger partial charge < -0.3 is 14.9 Å². The average Bonchev–Trinajstić information content (AvgIpc) is 2.38. The minimum absolute atomic E-state index is 0.0272. The zero-order chi connectivity index (χ0) is 14.0. The van der Waals surface area contributed by atoms with Crippen LogP contribution in [0.25, 0.3) is 0 Å². The van der Waals surface area contributed by atoms with Gasteiger partial charge in [-0.1, -0.05) is 0 Å². The molecule has 19 heavy (non-hydrogen) atoms. The Morgan fingerprint density at radius 3 is 2.58 bits per heavy atom. The Balaban J connectivity index is 2.04. The van der Waals surface area contributed by atoms with Crippen LogP contribution >= 0.6 is 0 Å². The van der Waals surface area contributed by atoms with Crippen LogP contribution in [-0.4, -0.2) is 52.6 Å². The Labute approximate surface area is 114 Å². The van der Waals surface area contributed by atoms with Crippen molar-refractivity contribution in [2.45, 2.75) is 52.0 Å². The van der Waals surface area contributed by atoms with Crippen LogP contribution in [0.1, 0.15) is 46.0 Å². The van der Waals surface area contributed by atoms with Gasteiger partial charge in [-0.3, -0.25) is 4.79 Å². The van der Waals surface area contributed by atoms with Crippen LogP contribution in [0.3, 0.4) is 0 Å². The summed E-state index contributed by atoms with van der Waals surface area (Å²) in [4.78, 5) is 27.5. The lowest BCUT2D eigenvalue weighted by atomic mass is 9.82. The van der Waals surface area contributed by atoms with E-state index in [2.05, 4.69) is 6.92 Å². The average molecular weight is 268 g/mol. The molecule has 2 rings (SSSR count). The molecule has 0 saturated carbocycles. The molecule has 108 valence electrons. The van der Waals surface area contributed by atoms with Crippen LogP contribution in [0, 0.1) is 5.41 Å². The summed E-state index contributed by atoms with van der Waals surface area (Å²) in [5, 5.41) is 9.31. The second-order valence-electron chi connectivity index (χ2n) is 6.21. The largest absolute Gasteiger partial charge is 0.481 e. The monoisotopic (exact) mass is 268 g/mol. The summed E-state index contributed by atoms with van der Waals surface area (Å²) in [6.07, 6.45) is 4.71. The number of aliphatic carboxylic acids is 1. The van der Waals surface area contributed by atoms with E-state index in [1.807, 2.05) is 4.90 Å². The molecule has 1 N–H and O–H groups in total. The molecular weight excluding hydrogens is 244 g/mol. The maximum atomic E-state index is 12.5. The van der Waals surface area contributed by atoms with Crippen molar-refractivity contribution in [1.82, 2.24) is 9.80 Å². The van der Waals surface area contributed by atoms with E-state index in [0.29, 0.717) is 19.5 Å². The first-order valence-electron chi connectivity index (χ1n) is 7.23. The van der Waals surface area contributed by atoms with Crippen molar-refractivity contribution in [3.63, 3.8) is 0 Å². The third-order valence-corrected chi connectivity index (χ3v) is 4.53. The van der Waals surface area contributed by atoms with Gasteiger partial charge >= 0.3 is 12.0 Å². The molecule has 0 bridgehead atoms. The van der Waals surface area contributed by atoms with Crippen LogP contribution in [0.4, 0.5) is 4.79 Å². The quantitative estimate of drug-likeness (QED) is 0.792. The molecule has 2 atom stereocenters. The number of amides is 2. The third-order valence-electron chi connectivity index (χ3n) is 4.53. The molecule has 5 nitrogen and oxygen atoms in total. The van der Waals surface area contributed by atoms with E-state index >= 15 is 0 Å². The molecule has 0 aromatic rings. The van der Waals surface area contributed by atoms with Gasteiger partial charge in [0.25, 0.3) is 0 Å². The maximum absolute atomic E-state index is 12.5. The predicted octanol–water partition coefficient (Wildman–Crippen LogP) is 2.17. The van der Waals surface area contributed by atoms with Gasteiger partial charge in [-0.15, -0.1) is 0 Å². The second-order valence-corrected chi connectivity index (χ2v) is 6.21. The Hall–Kier alpha value is -1.26. The first-order valence-corrected chi connectivity index (χ1v) is 7.23. The number of carbonyl (C=O) groups is 2. The van der Waals surface area contributed by atoms with E-state index in [-0.39, 0.29) is 12.1 Å². The minimum atomic E-state index is -0.795. The summed E-state index contributed by atoms with van der Waals surface area (Å²) >= 11 is 0. The van der Waals surface area contributed by atoms with Crippen LogP contribution in [0.5, 0.6) is 0 Å². The highest BCUT2D eigenvalue weighted by Crippen LogP contribution is 2.31. The molecular formula is C14H24N2O3. The highest BCUT2D eigenvalue weighted by molar-refractivity contribution is 5.78. The SMILES string of the molecule is CC1CCCCN1C(=O)N1CCCC(C)(C(=O)O)C1. The maximum Gasteiger partial charge on any atom is 0.320 e. The van der Waals surface area contributed by atoms with E-state index in [1.165, 1.54) is 6.42 Å². The summed E-state index contributed by atoms with van der Waals surface area (Å²) in [7, 11) is 0. The molecule has 0 spiro atoms. The zero-order valence-electron chi connectivity index (χ0n) is 11.9. The first-order chi connectivity index (χ1) is 8.94. The molecule has 0 aromatic carbocycles. The lowest BCUT2D eigenvalue weighted by Gasteiger charge is -2.42. The minimum Gasteiger partial charge on any atom is -0.481 e. The molecule has 2 heterocycles. The van der Waals surface area contributed by atoms with Crippen LogP contribution < -0.4 is 0 Å². The summed E-state index contributed by atoms with van der Waals surface area (Å²) in [5.41, 5.74) is -0.785. The summed E-state index contributed by atoms with van der Waals surface area (Å²) in [6.45, 7) is 5.65. The fraction of sp³-hybridized carbons (Fsp3) is 0.857. The number of nitrogens with zero attached hydrogens (tertiary/aromatic N) is 2. The number of carbonyl (C=O) groups excluding carboxylic acids is 1. The fourth-order valence-corrected chi connectivity index (χ4v) is 3.14. The van der Waals surface area contributed by atoms with Crippen molar-refractivity contribution >= 4 is 12.0 Å². The molecule has 2 amide bonds. The second kappa shape index (κ2) is 5.39. The molecule has 2 aliphatic heterocycles. The predicted molar refractivity (Wildman–Crippen MR) is 72.0 cm³/mol. The third kappa shape index (κ3) is 2.85. The van der Waals surface area contributed by atoms with Crippen LogP contribution in [0.2, 0.25) is 0 Å². The molecule has 5 heteroatoms. The number of likely N-dealkylation sites (tertiary alicyclic amines) is 2. The molecule has 2 fully saturated rings. The van der Waals surface area contributed by atoms with Gasteiger partial charge in [0.15, 0.2) is 0 Å². The van der Waals surface area contributed by atoms with Gasteiger partial charge in [0.05, 0.1) is 5.41 Å². The number of hydrogen-bond acceptors (Lipinski definition) is 2. The number of hydrogen-bond donors (Lipinski definition) is 1. The van der Waals surface area contributed by atoms with Crippen molar-refractivity contribution in [3.8, 4) is 0 Å². The van der Waals surface area contributed by atoms with Gasteiger partial charge in [0.2, 0.25) is 0 Å². The summed E-state index contributed by atoms with van der Waals surface area (Å²) < 4.78 is 0. The van der Waals surface area contributed by atoms with Crippen LogP contribution in [0.15, 0.2) is 0 Å². The van der Waals surface area contributed by atoms with Gasteiger partial charge in [-0.2, -0.15) is 0 Å². The van der Waals surface area contributed by atoms with Crippen molar-refractivity contribution in [2.24, 2.45) is 5.41 Å². The summed E-state index contributed by atoms with van der Waals surface area (Å²) in [6, 6.07) is 0.304. The molecule has 2 unspecified atom stereocenters. The van der Waals surface area contributed by atoms with E-state index in [9.17, 15) is 14.7 Å². The van der Waals surface area contributed by atoms with Gasteiger partial charge in [-0.25, -0.2) is 4.79 Å². The Morgan fingerprint density at radius 1 is 1.21 bits per heavy atom. The van der Waals surface area contributed by atoms with E-state index in [4.69, 9.17) is 0 Å². The topological polar surface area (TPSA) is 60.9 Å².